The van der Waals surface area contributed by atoms with Gasteiger partial charge in [0.1, 0.15) is 5.54 Å². The molecule has 7 nitrogen and oxygen atoms in total. The Morgan fingerprint density at radius 2 is 1.89 bits per heavy atom. The van der Waals surface area contributed by atoms with Gasteiger partial charge in [-0.05, 0) is 60.9 Å². The summed E-state index contributed by atoms with van der Waals surface area (Å²) in [6.45, 7) is 4.09. The minimum atomic E-state index is -1.22. The average molecular weight is 482 g/mol. The first-order chi connectivity index (χ1) is 16.9. The van der Waals surface area contributed by atoms with Crippen LogP contribution in [0.15, 0.2) is 42.5 Å². The normalized spacial score (nSPS) is 22.2. The minimum Gasteiger partial charge on any atom is -0.493 e. The number of aliphatic carboxylic acids is 1. The number of amides is 1. The van der Waals surface area contributed by atoms with Gasteiger partial charge in [0, 0.05) is 17.9 Å². The third-order valence-electron chi connectivity index (χ3n) is 7.43. The zero-order valence-electron chi connectivity index (χ0n) is 20.5. The smallest absolute Gasteiger partial charge is 0.329 e. The third-order valence-corrected chi connectivity index (χ3v) is 7.43. The van der Waals surface area contributed by atoms with Crippen molar-refractivity contribution in [1.82, 2.24) is 5.32 Å². The molecule has 1 saturated carbocycles. The van der Waals surface area contributed by atoms with Gasteiger partial charge in [0.05, 0.1) is 26.9 Å². The molecule has 0 radical (unpaired) electrons. The number of hydrogen-bond acceptors (Lipinski definition) is 5. The highest BCUT2D eigenvalue weighted by atomic mass is 16.5. The summed E-state index contributed by atoms with van der Waals surface area (Å²) in [5.74, 6) is 0.591. The highest BCUT2D eigenvalue weighted by molar-refractivity contribution is 5.98. The summed E-state index contributed by atoms with van der Waals surface area (Å²) >= 11 is 0. The van der Waals surface area contributed by atoms with E-state index < -0.39 is 17.4 Å². The largest absolute Gasteiger partial charge is 0.493 e. The number of carbonyl (C=O) groups excluding carboxylic acids is 1. The van der Waals surface area contributed by atoms with Gasteiger partial charge in [-0.15, -0.1) is 0 Å². The molecule has 35 heavy (non-hydrogen) atoms. The van der Waals surface area contributed by atoms with E-state index in [2.05, 4.69) is 36.5 Å². The predicted molar refractivity (Wildman–Crippen MR) is 132 cm³/mol. The number of hydrogen-bond donors (Lipinski definition) is 2. The molecular weight excluding hydrogens is 446 g/mol. The van der Waals surface area contributed by atoms with Gasteiger partial charge < -0.3 is 24.6 Å². The first kappa shape index (κ1) is 25.0. The summed E-state index contributed by atoms with van der Waals surface area (Å²) in [6, 6.07) is 13.4. The number of ether oxygens (including phenoxy) is 3. The Hall–Kier alpha value is -3.06. The van der Waals surface area contributed by atoms with Crippen molar-refractivity contribution in [2.75, 3.05) is 26.9 Å². The Morgan fingerprint density at radius 3 is 2.51 bits per heavy atom. The highest BCUT2D eigenvalue weighted by Gasteiger charge is 2.43. The summed E-state index contributed by atoms with van der Waals surface area (Å²) in [5, 5.41) is 12.7. The molecule has 7 heteroatoms. The van der Waals surface area contributed by atoms with Crippen LogP contribution >= 0.6 is 0 Å². The van der Waals surface area contributed by atoms with Crippen LogP contribution in [0.25, 0.3) is 0 Å². The van der Waals surface area contributed by atoms with E-state index in [1.165, 1.54) is 11.1 Å². The summed E-state index contributed by atoms with van der Waals surface area (Å²) in [5.41, 5.74) is 1.59. The number of carbonyl (C=O) groups is 2. The highest BCUT2D eigenvalue weighted by Crippen LogP contribution is 2.35. The average Bonchev–Trinajstić information content (AvgIpc) is 2.83. The molecule has 4 rings (SSSR count). The lowest BCUT2D eigenvalue weighted by Crippen LogP contribution is -2.56. The van der Waals surface area contributed by atoms with Gasteiger partial charge in [0.15, 0.2) is 11.5 Å². The second-order valence-corrected chi connectivity index (χ2v) is 9.64. The molecule has 1 saturated heterocycles. The molecule has 188 valence electrons. The first-order valence-corrected chi connectivity index (χ1v) is 12.5. The van der Waals surface area contributed by atoms with Crippen LogP contribution in [0.5, 0.6) is 11.5 Å². The molecule has 2 aromatic rings. The van der Waals surface area contributed by atoms with Crippen LogP contribution in [0, 0.1) is 5.92 Å². The molecular formula is C28H35NO6. The second-order valence-electron chi connectivity index (χ2n) is 9.64. The molecule has 0 unspecified atom stereocenters. The van der Waals surface area contributed by atoms with Crippen molar-refractivity contribution in [2.24, 2.45) is 5.92 Å². The van der Waals surface area contributed by atoms with E-state index in [1.54, 1.807) is 25.3 Å². The number of carboxylic acid groups (broad SMARTS) is 1. The van der Waals surface area contributed by atoms with E-state index in [4.69, 9.17) is 14.2 Å². The van der Waals surface area contributed by atoms with E-state index in [0.717, 1.165) is 32.5 Å². The maximum Gasteiger partial charge on any atom is 0.329 e. The number of rotatable bonds is 10. The lowest BCUT2D eigenvalue weighted by Gasteiger charge is -2.37. The van der Waals surface area contributed by atoms with Crippen molar-refractivity contribution in [3.8, 4) is 11.5 Å². The Kier molecular flexibility index (Phi) is 7.96. The molecule has 2 N–H and O–H groups in total. The van der Waals surface area contributed by atoms with Crippen molar-refractivity contribution >= 4 is 11.9 Å². The molecule has 1 heterocycles. The Labute approximate surface area is 206 Å². The zero-order chi connectivity index (χ0) is 24.8. The molecule has 1 amide bonds. The molecule has 2 fully saturated rings. The van der Waals surface area contributed by atoms with Crippen molar-refractivity contribution in [1.29, 1.82) is 0 Å². The standard InChI is InChI=1S/C28H35NO6/c1-3-19-9-12-28(13-10-19,27(31)32)29-26(30)22-7-8-24(33-2)25(16-22)35-14-11-20-5-4-6-21(15-20)23-17-34-18-23/h4-8,15-16,19,23H,3,9-14,17-18H2,1-2H3,(H,29,30)(H,31,32)/t19-,28+. The van der Waals surface area contributed by atoms with E-state index in [-0.39, 0.29) is 0 Å². The zero-order valence-corrected chi connectivity index (χ0v) is 20.5. The van der Waals surface area contributed by atoms with Crippen LogP contribution in [0.1, 0.15) is 66.4 Å². The lowest BCUT2D eigenvalue weighted by atomic mass is 9.75. The number of nitrogens with one attached hydrogen (secondary N) is 1. The van der Waals surface area contributed by atoms with Crippen molar-refractivity contribution in [3.05, 3.63) is 59.2 Å². The van der Waals surface area contributed by atoms with Crippen LogP contribution < -0.4 is 14.8 Å². The second kappa shape index (κ2) is 11.1. The maximum absolute atomic E-state index is 13.1. The van der Waals surface area contributed by atoms with Crippen molar-refractivity contribution in [3.63, 3.8) is 0 Å². The van der Waals surface area contributed by atoms with Crippen LogP contribution in [-0.2, 0) is 16.0 Å². The fourth-order valence-electron chi connectivity index (χ4n) is 4.90. The molecule has 0 spiro atoms. The Morgan fingerprint density at radius 1 is 1.11 bits per heavy atom. The van der Waals surface area contributed by atoms with Crippen molar-refractivity contribution in [2.45, 2.75) is 56.9 Å². The monoisotopic (exact) mass is 481 g/mol. The van der Waals surface area contributed by atoms with Gasteiger partial charge in [-0.3, -0.25) is 4.79 Å². The van der Waals surface area contributed by atoms with Crippen LogP contribution in [-0.4, -0.2) is 49.5 Å². The van der Waals surface area contributed by atoms with E-state index in [1.807, 2.05) is 0 Å². The van der Waals surface area contributed by atoms with Crippen LogP contribution in [0.4, 0.5) is 0 Å². The first-order valence-electron chi connectivity index (χ1n) is 12.5. The van der Waals surface area contributed by atoms with Gasteiger partial charge >= 0.3 is 5.97 Å². The Balaban J connectivity index is 1.41. The van der Waals surface area contributed by atoms with Crippen LogP contribution in [0.2, 0.25) is 0 Å². The molecule has 1 aliphatic carbocycles. The maximum atomic E-state index is 13.1. The van der Waals surface area contributed by atoms with E-state index in [9.17, 15) is 14.7 Å². The molecule has 0 aromatic heterocycles. The van der Waals surface area contributed by atoms with E-state index >= 15 is 0 Å². The van der Waals surface area contributed by atoms with Gasteiger partial charge in [0.25, 0.3) is 5.91 Å². The molecule has 2 aliphatic rings. The van der Waals surface area contributed by atoms with Gasteiger partial charge in [-0.2, -0.15) is 0 Å². The third kappa shape index (κ3) is 5.78. The number of methoxy groups -OCH3 is 1. The number of carboxylic acids is 1. The topological polar surface area (TPSA) is 94.1 Å². The fraction of sp³-hybridized carbons (Fsp3) is 0.500. The van der Waals surface area contributed by atoms with Crippen LogP contribution in [0.3, 0.4) is 0 Å². The van der Waals surface area contributed by atoms with Crippen molar-refractivity contribution < 1.29 is 28.9 Å². The fourth-order valence-corrected chi connectivity index (χ4v) is 4.90. The van der Waals surface area contributed by atoms with Gasteiger partial charge in [0.2, 0.25) is 0 Å². The molecule has 2 aromatic carbocycles. The van der Waals surface area contributed by atoms with E-state index in [0.29, 0.717) is 54.8 Å². The molecule has 0 bridgehead atoms. The molecule has 1 aliphatic heterocycles. The summed E-state index contributed by atoms with van der Waals surface area (Å²) in [7, 11) is 1.55. The predicted octanol–water partition coefficient (Wildman–Crippen LogP) is 4.58. The number of benzene rings is 2. The summed E-state index contributed by atoms with van der Waals surface area (Å²) < 4.78 is 16.7. The quantitative estimate of drug-likeness (QED) is 0.516. The minimum absolute atomic E-state index is 0.353. The molecule has 0 atom stereocenters. The summed E-state index contributed by atoms with van der Waals surface area (Å²) in [4.78, 5) is 25.2. The van der Waals surface area contributed by atoms with Gasteiger partial charge in [-0.25, -0.2) is 4.79 Å². The lowest BCUT2D eigenvalue weighted by molar-refractivity contribution is -0.146. The Bertz CT molecular complexity index is 1040. The van der Waals surface area contributed by atoms with Gasteiger partial charge in [-0.1, -0.05) is 37.6 Å². The summed E-state index contributed by atoms with van der Waals surface area (Å²) in [6.07, 6.45) is 4.23. The SMILES string of the molecule is CC[C@H]1CC[C@](NC(=O)c2ccc(OC)c(OCCc3cccc(C4COC4)c3)c2)(C(=O)O)CC1.